The Labute approximate surface area is 207 Å². The standard InChI is InChI=1S/C27H25ClN2O5/c1-4-23(31)25-24(17-8-6-5-7-9-17)21-12-18(28)10-11-20(21)26(32)30(25)14-19-13-22(29-35-19)27(33)34-15-16(2)3/h5-13,16H,4,14-15H2,1-3H3. The molecular weight excluding hydrogens is 468 g/mol. The number of pyridine rings is 1. The van der Waals surface area contributed by atoms with Crippen LogP contribution >= 0.6 is 11.6 Å². The first-order chi connectivity index (χ1) is 16.8. The van der Waals surface area contributed by atoms with Gasteiger partial charge in [-0.15, -0.1) is 0 Å². The number of rotatable bonds is 8. The number of fused-ring (bicyclic) bond motifs is 1. The smallest absolute Gasteiger partial charge is 0.360 e. The maximum atomic E-state index is 13.6. The van der Waals surface area contributed by atoms with Crippen LogP contribution in [0.15, 0.2) is 63.9 Å². The topological polar surface area (TPSA) is 91.4 Å². The van der Waals surface area contributed by atoms with E-state index in [1.54, 1.807) is 25.1 Å². The van der Waals surface area contributed by atoms with E-state index in [4.69, 9.17) is 20.9 Å². The van der Waals surface area contributed by atoms with E-state index < -0.39 is 5.97 Å². The minimum Gasteiger partial charge on any atom is -0.461 e. The number of ether oxygens (including phenoxy) is 1. The molecule has 0 bridgehead atoms. The zero-order valence-corrected chi connectivity index (χ0v) is 20.5. The van der Waals surface area contributed by atoms with E-state index in [0.29, 0.717) is 21.4 Å². The van der Waals surface area contributed by atoms with Gasteiger partial charge >= 0.3 is 5.97 Å². The van der Waals surface area contributed by atoms with Crippen LogP contribution in [0.2, 0.25) is 5.02 Å². The Morgan fingerprint density at radius 3 is 2.51 bits per heavy atom. The number of Topliss-reactive ketones (excluding diaryl/α,β-unsaturated/α-hetero) is 1. The highest BCUT2D eigenvalue weighted by molar-refractivity contribution is 6.31. The molecule has 0 fully saturated rings. The fourth-order valence-corrected chi connectivity index (χ4v) is 4.05. The first-order valence-electron chi connectivity index (χ1n) is 11.4. The summed E-state index contributed by atoms with van der Waals surface area (Å²) < 4.78 is 11.9. The molecule has 0 amide bonds. The van der Waals surface area contributed by atoms with Crippen molar-refractivity contribution >= 4 is 34.1 Å². The van der Waals surface area contributed by atoms with Crippen LogP contribution in [0.4, 0.5) is 0 Å². The van der Waals surface area contributed by atoms with Crippen LogP contribution in [-0.2, 0) is 11.3 Å². The molecule has 35 heavy (non-hydrogen) atoms. The lowest BCUT2D eigenvalue weighted by Crippen LogP contribution is -2.28. The average Bonchev–Trinajstić information content (AvgIpc) is 3.32. The van der Waals surface area contributed by atoms with E-state index in [1.165, 1.54) is 10.6 Å². The number of benzene rings is 2. The number of carbonyl (C=O) groups is 2. The van der Waals surface area contributed by atoms with E-state index in [1.807, 2.05) is 44.2 Å². The third-order valence-electron chi connectivity index (χ3n) is 5.51. The number of halogens is 1. The van der Waals surface area contributed by atoms with Crippen LogP contribution in [0.3, 0.4) is 0 Å². The summed E-state index contributed by atoms with van der Waals surface area (Å²) in [6.07, 6.45) is 0.189. The minimum absolute atomic E-state index is 0.00733. The van der Waals surface area contributed by atoms with Crippen molar-refractivity contribution in [2.45, 2.75) is 33.7 Å². The molecule has 2 aromatic carbocycles. The Bertz CT molecular complexity index is 1450. The second kappa shape index (κ2) is 10.3. The maximum absolute atomic E-state index is 13.6. The molecule has 0 unspecified atom stereocenters. The quantitative estimate of drug-likeness (QED) is 0.229. The number of ketones is 1. The summed E-state index contributed by atoms with van der Waals surface area (Å²) in [5.74, 6) is -0.391. The van der Waals surface area contributed by atoms with Crippen LogP contribution in [0.1, 0.15) is 53.9 Å². The average molecular weight is 493 g/mol. The number of nitrogens with zero attached hydrogens (tertiary/aromatic N) is 2. The molecule has 0 aliphatic carbocycles. The van der Waals surface area contributed by atoms with E-state index in [9.17, 15) is 14.4 Å². The molecule has 7 nitrogen and oxygen atoms in total. The fourth-order valence-electron chi connectivity index (χ4n) is 3.88. The number of aromatic nitrogens is 2. The molecular formula is C27H25ClN2O5. The lowest BCUT2D eigenvalue weighted by atomic mass is 9.94. The summed E-state index contributed by atoms with van der Waals surface area (Å²) in [6, 6.07) is 15.8. The molecule has 4 rings (SSSR count). The van der Waals surface area contributed by atoms with Gasteiger partial charge in [-0.05, 0) is 35.1 Å². The molecule has 0 spiro atoms. The molecule has 180 valence electrons. The Morgan fingerprint density at radius 1 is 1.09 bits per heavy atom. The fraction of sp³-hybridized carbons (Fsp3) is 0.259. The van der Waals surface area contributed by atoms with Gasteiger partial charge in [-0.2, -0.15) is 0 Å². The predicted octanol–water partition coefficient (Wildman–Crippen LogP) is 5.76. The SMILES string of the molecule is CCC(=O)c1c(-c2ccccc2)c2cc(Cl)ccc2c(=O)n1Cc1cc(C(=O)OCC(C)C)no1. The van der Waals surface area contributed by atoms with Gasteiger partial charge in [0.1, 0.15) is 0 Å². The summed E-state index contributed by atoms with van der Waals surface area (Å²) in [5, 5.41) is 5.27. The van der Waals surface area contributed by atoms with Crippen molar-refractivity contribution in [2.75, 3.05) is 6.61 Å². The Morgan fingerprint density at radius 2 is 1.83 bits per heavy atom. The van der Waals surface area contributed by atoms with Crippen molar-refractivity contribution in [3.8, 4) is 11.1 Å². The minimum atomic E-state index is -0.607. The molecule has 2 heterocycles. The number of hydrogen-bond donors (Lipinski definition) is 0. The summed E-state index contributed by atoms with van der Waals surface area (Å²) in [7, 11) is 0. The first-order valence-corrected chi connectivity index (χ1v) is 11.7. The van der Waals surface area contributed by atoms with Gasteiger partial charge in [0.05, 0.1) is 18.8 Å². The Kier molecular flexibility index (Phi) is 7.17. The van der Waals surface area contributed by atoms with E-state index in [-0.39, 0.29) is 54.0 Å². The van der Waals surface area contributed by atoms with Crippen molar-refractivity contribution in [2.24, 2.45) is 5.92 Å². The first kappa shape index (κ1) is 24.4. The number of hydrogen-bond acceptors (Lipinski definition) is 6. The highest BCUT2D eigenvalue weighted by Gasteiger charge is 2.24. The van der Waals surface area contributed by atoms with E-state index >= 15 is 0 Å². The number of esters is 1. The molecule has 0 N–H and O–H groups in total. The van der Waals surface area contributed by atoms with Crippen molar-refractivity contribution in [1.29, 1.82) is 0 Å². The van der Waals surface area contributed by atoms with Crippen LogP contribution in [0.5, 0.6) is 0 Å². The third-order valence-corrected chi connectivity index (χ3v) is 5.75. The Hall–Kier alpha value is -3.71. The second-order valence-electron chi connectivity index (χ2n) is 8.62. The summed E-state index contributed by atoms with van der Waals surface area (Å²) in [6.45, 7) is 5.77. The molecule has 0 atom stereocenters. The van der Waals surface area contributed by atoms with Gasteiger partial charge in [0.25, 0.3) is 5.56 Å². The van der Waals surface area contributed by atoms with Crippen LogP contribution in [0, 0.1) is 5.92 Å². The van der Waals surface area contributed by atoms with E-state index in [2.05, 4.69) is 5.16 Å². The van der Waals surface area contributed by atoms with Crippen LogP contribution in [0.25, 0.3) is 21.9 Å². The second-order valence-corrected chi connectivity index (χ2v) is 9.05. The highest BCUT2D eigenvalue weighted by Crippen LogP contribution is 2.33. The zero-order chi connectivity index (χ0) is 25.1. The molecule has 2 aromatic heterocycles. The molecule has 0 aliphatic heterocycles. The lowest BCUT2D eigenvalue weighted by molar-refractivity contribution is 0.0447. The highest BCUT2D eigenvalue weighted by atomic mass is 35.5. The van der Waals surface area contributed by atoms with Crippen molar-refractivity contribution in [1.82, 2.24) is 9.72 Å². The van der Waals surface area contributed by atoms with Gasteiger partial charge in [0.15, 0.2) is 17.2 Å². The molecule has 0 saturated carbocycles. The largest absolute Gasteiger partial charge is 0.461 e. The van der Waals surface area contributed by atoms with E-state index in [0.717, 1.165) is 5.56 Å². The third kappa shape index (κ3) is 5.05. The summed E-state index contributed by atoms with van der Waals surface area (Å²) in [5.41, 5.74) is 1.28. The van der Waals surface area contributed by atoms with Gasteiger partial charge in [-0.3, -0.25) is 14.2 Å². The van der Waals surface area contributed by atoms with Crippen LogP contribution in [-0.4, -0.2) is 28.1 Å². The molecule has 0 radical (unpaired) electrons. The molecule has 0 aliphatic rings. The molecule has 8 heteroatoms. The van der Waals surface area contributed by atoms with Crippen molar-refractivity contribution in [3.63, 3.8) is 0 Å². The van der Waals surface area contributed by atoms with Crippen molar-refractivity contribution in [3.05, 3.63) is 87.1 Å². The summed E-state index contributed by atoms with van der Waals surface area (Å²) in [4.78, 5) is 39.1. The van der Waals surface area contributed by atoms with Gasteiger partial charge in [-0.1, -0.05) is 67.9 Å². The Balaban J connectivity index is 1.90. The molecule has 4 aromatic rings. The number of carbonyl (C=O) groups excluding carboxylic acids is 2. The summed E-state index contributed by atoms with van der Waals surface area (Å²) >= 11 is 6.28. The van der Waals surface area contributed by atoms with Gasteiger partial charge < -0.3 is 9.26 Å². The maximum Gasteiger partial charge on any atom is 0.360 e. The lowest BCUT2D eigenvalue weighted by Gasteiger charge is -2.18. The molecule has 0 saturated heterocycles. The van der Waals surface area contributed by atoms with Gasteiger partial charge in [0.2, 0.25) is 0 Å². The normalized spacial score (nSPS) is 11.2. The van der Waals surface area contributed by atoms with Crippen molar-refractivity contribution < 1.29 is 18.8 Å². The predicted molar refractivity (Wildman–Crippen MR) is 134 cm³/mol. The van der Waals surface area contributed by atoms with Crippen LogP contribution < -0.4 is 5.56 Å². The monoisotopic (exact) mass is 492 g/mol. The zero-order valence-electron chi connectivity index (χ0n) is 19.7. The van der Waals surface area contributed by atoms with Gasteiger partial charge in [0, 0.05) is 28.5 Å². The van der Waals surface area contributed by atoms with Gasteiger partial charge in [-0.25, -0.2) is 4.79 Å².